The Morgan fingerprint density at radius 3 is 2.88 bits per heavy atom. The van der Waals surface area contributed by atoms with Crippen LogP contribution in [-0.2, 0) is 17.8 Å². The Bertz CT molecular complexity index is 673. The van der Waals surface area contributed by atoms with Crippen molar-refractivity contribution < 1.29 is 9.84 Å². The Balaban J connectivity index is 1.44. The normalized spacial score (nSPS) is 27.3. The van der Waals surface area contributed by atoms with Crippen LogP contribution in [0.2, 0.25) is 0 Å². The van der Waals surface area contributed by atoms with Crippen LogP contribution in [-0.4, -0.2) is 52.7 Å². The molecule has 4 rings (SSSR count). The first-order valence-electron chi connectivity index (χ1n) is 8.74. The highest BCUT2D eigenvalue weighted by atomic mass is 16.5. The molecule has 1 N–H and O–H groups in total. The molecule has 2 saturated heterocycles. The molecule has 2 aliphatic heterocycles. The second kappa shape index (κ2) is 6.67. The van der Waals surface area contributed by atoms with Gasteiger partial charge in [0, 0.05) is 50.0 Å². The molecule has 0 unspecified atom stereocenters. The van der Waals surface area contributed by atoms with Crippen molar-refractivity contribution in [3.8, 4) is 0 Å². The van der Waals surface area contributed by atoms with Crippen molar-refractivity contribution in [3.05, 3.63) is 53.9 Å². The van der Waals surface area contributed by atoms with E-state index in [1.165, 1.54) is 11.1 Å². The summed E-state index contributed by atoms with van der Waals surface area (Å²) in [5, 5.41) is 14.2. The summed E-state index contributed by atoms with van der Waals surface area (Å²) < 4.78 is 7.59. The number of hydrogen-bond acceptors (Lipinski definition) is 4. The molecular formula is C19H25N3O2. The molecule has 0 saturated carbocycles. The summed E-state index contributed by atoms with van der Waals surface area (Å²) in [5.74, 6) is 0.462. The van der Waals surface area contributed by atoms with Crippen LogP contribution in [0.1, 0.15) is 17.5 Å². The molecule has 0 amide bonds. The molecule has 5 heteroatoms. The van der Waals surface area contributed by atoms with Crippen LogP contribution in [0.3, 0.4) is 0 Å². The molecule has 0 aliphatic carbocycles. The number of aliphatic hydroxyl groups excluding tert-OH is 1. The largest absolute Gasteiger partial charge is 0.396 e. The van der Waals surface area contributed by atoms with Gasteiger partial charge in [-0.25, -0.2) is 0 Å². The van der Waals surface area contributed by atoms with Gasteiger partial charge in [-0.1, -0.05) is 24.3 Å². The predicted octanol–water partition coefficient (Wildman–Crippen LogP) is 1.76. The number of benzene rings is 1. The van der Waals surface area contributed by atoms with Crippen LogP contribution in [0.5, 0.6) is 0 Å². The maximum Gasteiger partial charge on any atom is 0.0659 e. The molecule has 2 aliphatic rings. The fraction of sp³-hybridized carbons (Fsp3) is 0.526. The lowest BCUT2D eigenvalue weighted by molar-refractivity contribution is -0.0417. The summed E-state index contributed by atoms with van der Waals surface area (Å²) >= 11 is 0. The maximum atomic E-state index is 9.93. The summed E-state index contributed by atoms with van der Waals surface area (Å²) in [4.78, 5) is 2.47. The molecule has 2 fully saturated rings. The van der Waals surface area contributed by atoms with Crippen LogP contribution < -0.4 is 0 Å². The summed E-state index contributed by atoms with van der Waals surface area (Å²) in [7, 11) is 0. The Morgan fingerprint density at radius 1 is 1.25 bits per heavy atom. The van der Waals surface area contributed by atoms with Crippen LogP contribution in [0.25, 0.3) is 0 Å². The van der Waals surface area contributed by atoms with Gasteiger partial charge in [-0.05, 0) is 23.6 Å². The van der Waals surface area contributed by atoms with Gasteiger partial charge < -0.3 is 9.84 Å². The molecule has 2 aromatic rings. The van der Waals surface area contributed by atoms with Crippen LogP contribution in [0.4, 0.5) is 0 Å². The van der Waals surface area contributed by atoms with Crippen molar-refractivity contribution in [2.45, 2.75) is 19.5 Å². The lowest BCUT2D eigenvalue weighted by Gasteiger charge is -2.36. The average molecular weight is 327 g/mol. The highest BCUT2D eigenvalue weighted by Gasteiger charge is 2.47. The third kappa shape index (κ3) is 3.11. The fourth-order valence-corrected chi connectivity index (χ4v) is 4.20. The third-order valence-electron chi connectivity index (χ3n) is 5.56. The number of ether oxygens (including phenoxy) is 1. The number of rotatable bonds is 5. The topological polar surface area (TPSA) is 50.5 Å². The van der Waals surface area contributed by atoms with E-state index >= 15 is 0 Å². The van der Waals surface area contributed by atoms with Gasteiger partial charge in [0.05, 0.1) is 19.8 Å². The van der Waals surface area contributed by atoms with E-state index in [2.05, 4.69) is 34.3 Å². The van der Waals surface area contributed by atoms with Crippen molar-refractivity contribution in [1.29, 1.82) is 0 Å². The maximum absolute atomic E-state index is 9.93. The van der Waals surface area contributed by atoms with Gasteiger partial charge in [0.1, 0.15) is 0 Å². The van der Waals surface area contributed by atoms with Gasteiger partial charge in [0.15, 0.2) is 0 Å². The smallest absolute Gasteiger partial charge is 0.0659 e. The standard InChI is InChI=1S/C19H25N3O2/c23-15-19-5-8-24-13-18(19)12-21(14-19)10-16-3-1-4-17(9-16)11-22-7-2-6-20-22/h1-4,6-7,9,18,23H,5,8,10-15H2/t18-,19-/m1/s1. The number of aliphatic hydroxyl groups is 1. The second-order valence-corrected chi connectivity index (χ2v) is 7.24. The second-order valence-electron chi connectivity index (χ2n) is 7.24. The highest BCUT2D eigenvalue weighted by Crippen LogP contribution is 2.42. The molecule has 0 radical (unpaired) electrons. The molecule has 2 atom stereocenters. The van der Waals surface area contributed by atoms with E-state index in [-0.39, 0.29) is 12.0 Å². The van der Waals surface area contributed by atoms with Gasteiger partial charge in [0.25, 0.3) is 0 Å². The van der Waals surface area contributed by atoms with Crippen molar-refractivity contribution in [1.82, 2.24) is 14.7 Å². The zero-order chi connectivity index (χ0) is 16.4. The summed E-state index contributed by atoms with van der Waals surface area (Å²) in [6.07, 6.45) is 4.78. The van der Waals surface area contributed by atoms with Crippen LogP contribution in [0, 0.1) is 11.3 Å². The van der Waals surface area contributed by atoms with Crippen molar-refractivity contribution in [2.75, 3.05) is 32.9 Å². The zero-order valence-corrected chi connectivity index (χ0v) is 14.0. The van der Waals surface area contributed by atoms with Gasteiger partial charge in [-0.15, -0.1) is 0 Å². The molecule has 0 bridgehead atoms. The number of aromatic nitrogens is 2. The van der Waals surface area contributed by atoms with Gasteiger partial charge in [-0.2, -0.15) is 5.10 Å². The third-order valence-corrected chi connectivity index (χ3v) is 5.56. The average Bonchev–Trinajstić information content (AvgIpc) is 3.22. The van der Waals surface area contributed by atoms with Crippen molar-refractivity contribution in [2.24, 2.45) is 11.3 Å². The Morgan fingerprint density at radius 2 is 2.12 bits per heavy atom. The monoisotopic (exact) mass is 327 g/mol. The fourth-order valence-electron chi connectivity index (χ4n) is 4.20. The van der Waals surface area contributed by atoms with E-state index in [4.69, 9.17) is 4.74 Å². The minimum Gasteiger partial charge on any atom is -0.396 e. The summed E-state index contributed by atoms with van der Waals surface area (Å²) in [5.41, 5.74) is 2.64. The van der Waals surface area contributed by atoms with Crippen molar-refractivity contribution in [3.63, 3.8) is 0 Å². The molecule has 1 aromatic carbocycles. The first-order chi connectivity index (χ1) is 11.8. The molecular weight excluding hydrogens is 302 g/mol. The number of likely N-dealkylation sites (tertiary alicyclic amines) is 1. The van der Waals surface area contributed by atoms with E-state index < -0.39 is 0 Å². The Labute approximate surface area is 142 Å². The van der Waals surface area contributed by atoms with E-state index in [0.717, 1.165) is 45.8 Å². The Kier molecular flexibility index (Phi) is 4.39. The lowest BCUT2D eigenvalue weighted by atomic mass is 9.75. The molecule has 24 heavy (non-hydrogen) atoms. The van der Waals surface area contributed by atoms with Gasteiger partial charge in [-0.3, -0.25) is 9.58 Å². The molecule has 1 aromatic heterocycles. The summed E-state index contributed by atoms with van der Waals surface area (Å²) in [6, 6.07) is 10.7. The van der Waals surface area contributed by atoms with Crippen LogP contribution in [0.15, 0.2) is 42.7 Å². The van der Waals surface area contributed by atoms with E-state index in [0.29, 0.717) is 5.92 Å². The number of nitrogens with zero attached hydrogens (tertiary/aromatic N) is 3. The van der Waals surface area contributed by atoms with E-state index in [1.54, 1.807) is 0 Å². The van der Waals surface area contributed by atoms with Gasteiger partial charge in [0.2, 0.25) is 0 Å². The molecule has 128 valence electrons. The molecule has 3 heterocycles. The number of hydrogen-bond donors (Lipinski definition) is 1. The van der Waals surface area contributed by atoms with Crippen LogP contribution >= 0.6 is 0 Å². The number of fused-ring (bicyclic) bond motifs is 1. The predicted molar refractivity (Wildman–Crippen MR) is 91.5 cm³/mol. The highest BCUT2D eigenvalue weighted by molar-refractivity contribution is 5.24. The van der Waals surface area contributed by atoms with Gasteiger partial charge >= 0.3 is 0 Å². The first-order valence-corrected chi connectivity index (χ1v) is 8.74. The van der Waals surface area contributed by atoms with E-state index in [1.807, 2.05) is 23.1 Å². The molecule has 0 spiro atoms. The SMILES string of the molecule is OC[C@]12CCOC[C@H]1CN(Cc1cccc(Cn3cccn3)c1)C2. The lowest BCUT2D eigenvalue weighted by Crippen LogP contribution is -2.41. The Hall–Kier alpha value is -1.69. The molecule has 5 nitrogen and oxygen atoms in total. The zero-order valence-electron chi connectivity index (χ0n) is 14.0. The quantitative estimate of drug-likeness (QED) is 0.909. The summed E-state index contributed by atoms with van der Waals surface area (Å²) in [6.45, 7) is 5.57. The van der Waals surface area contributed by atoms with E-state index in [9.17, 15) is 5.11 Å². The minimum absolute atomic E-state index is 0.0465. The first kappa shape index (κ1) is 15.8. The van der Waals surface area contributed by atoms with Crippen molar-refractivity contribution >= 4 is 0 Å². The minimum atomic E-state index is 0.0465.